The minimum Gasteiger partial charge on any atom is -0.487 e. The maximum Gasteiger partial charge on any atom is 0.311 e. The number of hydrogen-bond donors (Lipinski definition) is 2. The zero-order chi connectivity index (χ0) is 14.3. The van der Waals surface area contributed by atoms with E-state index in [1.807, 2.05) is 0 Å². The lowest BCUT2D eigenvalue weighted by molar-refractivity contribution is -0.385. The van der Waals surface area contributed by atoms with E-state index in [1.54, 1.807) is 19.1 Å². The number of nitro benzene ring substituents is 1. The molecule has 0 amide bonds. The first-order valence-electron chi connectivity index (χ1n) is 5.91. The normalized spacial score (nSPS) is 9.95. The molecule has 1 rings (SSSR count). The molecule has 0 unspecified atom stereocenters. The summed E-state index contributed by atoms with van der Waals surface area (Å²) in [4.78, 5) is 20.6. The summed E-state index contributed by atoms with van der Waals surface area (Å²) in [6.07, 6.45) is 0.564. The predicted octanol–water partition coefficient (Wildman–Crippen LogP) is 2.27. The highest BCUT2D eigenvalue weighted by atomic mass is 16.6. The number of aliphatic carboxylic acids is 1. The van der Waals surface area contributed by atoms with Gasteiger partial charge in [-0.25, -0.2) is 0 Å². The monoisotopic (exact) mass is 268 g/mol. The number of ether oxygens (including phenoxy) is 1. The largest absolute Gasteiger partial charge is 0.487 e. The van der Waals surface area contributed by atoms with Gasteiger partial charge in [0.05, 0.1) is 11.5 Å². The van der Waals surface area contributed by atoms with Gasteiger partial charge in [-0.1, -0.05) is 0 Å². The van der Waals surface area contributed by atoms with Crippen molar-refractivity contribution in [2.75, 3.05) is 18.5 Å². The van der Waals surface area contributed by atoms with Gasteiger partial charge in [-0.2, -0.15) is 0 Å². The Labute approximate surface area is 110 Å². The Balaban J connectivity index is 2.67. The van der Waals surface area contributed by atoms with E-state index in [-0.39, 0.29) is 17.9 Å². The minimum atomic E-state index is -0.847. The summed E-state index contributed by atoms with van der Waals surface area (Å²) in [6, 6.07) is 4.48. The molecule has 1 aromatic carbocycles. The fraction of sp³-hybridized carbons (Fsp3) is 0.417. The molecular formula is C12H16N2O5. The van der Waals surface area contributed by atoms with Gasteiger partial charge in [0, 0.05) is 30.8 Å². The number of hydrogen-bond acceptors (Lipinski definition) is 5. The number of nitrogens with one attached hydrogen (secondary N) is 1. The summed E-state index contributed by atoms with van der Waals surface area (Å²) in [6.45, 7) is 2.57. The number of nitro groups is 1. The van der Waals surface area contributed by atoms with E-state index in [9.17, 15) is 14.9 Å². The van der Waals surface area contributed by atoms with Crippen molar-refractivity contribution in [2.45, 2.75) is 19.8 Å². The second-order valence-electron chi connectivity index (χ2n) is 3.80. The topological polar surface area (TPSA) is 102 Å². The van der Waals surface area contributed by atoms with Crippen molar-refractivity contribution in [1.29, 1.82) is 0 Å². The molecule has 7 nitrogen and oxygen atoms in total. The van der Waals surface area contributed by atoms with Gasteiger partial charge in [0.25, 0.3) is 0 Å². The second kappa shape index (κ2) is 7.20. The minimum absolute atomic E-state index is 0.0816. The van der Waals surface area contributed by atoms with Crippen LogP contribution >= 0.6 is 0 Å². The molecular weight excluding hydrogens is 252 g/mol. The van der Waals surface area contributed by atoms with E-state index in [0.717, 1.165) is 0 Å². The van der Waals surface area contributed by atoms with E-state index in [1.165, 1.54) is 6.07 Å². The number of carboxylic acids is 1. The molecule has 0 spiro atoms. The van der Waals surface area contributed by atoms with Crippen molar-refractivity contribution in [3.8, 4) is 5.75 Å². The smallest absolute Gasteiger partial charge is 0.311 e. The summed E-state index contributed by atoms with van der Waals surface area (Å²) in [5.41, 5.74) is 0.581. The van der Waals surface area contributed by atoms with Crippen molar-refractivity contribution in [3.05, 3.63) is 28.3 Å². The van der Waals surface area contributed by atoms with E-state index < -0.39 is 10.9 Å². The molecule has 7 heteroatoms. The maximum atomic E-state index is 10.8. The molecule has 0 radical (unpaired) electrons. The molecule has 2 N–H and O–H groups in total. The molecule has 1 aromatic rings. The molecule has 0 saturated carbocycles. The number of carboxylic acid groups (broad SMARTS) is 1. The van der Waals surface area contributed by atoms with Crippen LogP contribution in [0.1, 0.15) is 19.8 Å². The Morgan fingerprint density at radius 2 is 2.26 bits per heavy atom. The first-order chi connectivity index (χ1) is 9.04. The molecule has 0 aromatic heterocycles. The average molecular weight is 268 g/mol. The lowest BCUT2D eigenvalue weighted by Crippen LogP contribution is -2.05. The van der Waals surface area contributed by atoms with Crippen LogP contribution < -0.4 is 10.1 Å². The van der Waals surface area contributed by atoms with Crippen LogP contribution in [-0.4, -0.2) is 29.2 Å². The van der Waals surface area contributed by atoms with Crippen LogP contribution in [0.3, 0.4) is 0 Å². The van der Waals surface area contributed by atoms with Gasteiger partial charge in [-0.05, 0) is 19.4 Å². The van der Waals surface area contributed by atoms with Gasteiger partial charge in [0.1, 0.15) is 0 Å². The SMILES string of the molecule is CCOc1cc(NCCCC(=O)O)ccc1[N+](=O)[O-]. The van der Waals surface area contributed by atoms with Crippen molar-refractivity contribution in [2.24, 2.45) is 0 Å². The van der Waals surface area contributed by atoms with Crippen molar-refractivity contribution in [1.82, 2.24) is 0 Å². The first-order valence-corrected chi connectivity index (χ1v) is 5.91. The van der Waals surface area contributed by atoms with Gasteiger partial charge < -0.3 is 15.2 Å². The summed E-state index contributed by atoms with van der Waals surface area (Å²) >= 11 is 0. The predicted molar refractivity (Wildman–Crippen MR) is 69.6 cm³/mol. The number of anilines is 1. The van der Waals surface area contributed by atoms with Gasteiger partial charge in [0.2, 0.25) is 0 Å². The second-order valence-corrected chi connectivity index (χ2v) is 3.80. The summed E-state index contributed by atoms with van der Waals surface area (Å²) in [5, 5.41) is 22.3. The van der Waals surface area contributed by atoms with Crippen LogP contribution in [0, 0.1) is 10.1 Å². The third-order valence-electron chi connectivity index (χ3n) is 2.35. The van der Waals surface area contributed by atoms with E-state index in [4.69, 9.17) is 9.84 Å². The molecule has 0 fully saturated rings. The molecule has 0 aliphatic heterocycles. The highest BCUT2D eigenvalue weighted by Gasteiger charge is 2.15. The van der Waals surface area contributed by atoms with Crippen molar-refractivity contribution < 1.29 is 19.6 Å². The Bertz CT molecular complexity index is 461. The molecule has 0 atom stereocenters. The Kier molecular flexibility index (Phi) is 5.59. The summed E-state index contributed by atoms with van der Waals surface area (Å²) in [7, 11) is 0. The third-order valence-corrected chi connectivity index (χ3v) is 2.35. The van der Waals surface area contributed by atoms with Crippen LogP contribution in [0.5, 0.6) is 5.75 Å². The van der Waals surface area contributed by atoms with E-state index in [2.05, 4.69) is 5.32 Å². The standard InChI is InChI=1S/C12H16N2O5/c1-2-19-11-8-9(5-6-10(11)14(17)18)13-7-3-4-12(15)16/h5-6,8,13H,2-4,7H2,1H3,(H,15,16). The van der Waals surface area contributed by atoms with Gasteiger partial charge in [-0.15, -0.1) is 0 Å². The Morgan fingerprint density at radius 1 is 1.53 bits per heavy atom. The van der Waals surface area contributed by atoms with Crippen LogP contribution in [0.2, 0.25) is 0 Å². The molecule has 19 heavy (non-hydrogen) atoms. The Hall–Kier alpha value is -2.31. The number of carbonyl (C=O) groups is 1. The highest BCUT2D eigenvalue weighted by Crippen LogP contribution is 2.30. The third kappa shape index (κ3) is 4.82. The number of benzene rings is 1. The zero-order valence-electron chi connectivity index (χ0n) is 10.6. The summed E-state index contributed by atoms with van der Waals surface area (Å²) in [5.74, 6) is -0.642. The molecule has 0 heterocycles. The molecule has 0 bridgehead atoms. The zero-order valence-corrected chi connectivity index (χ0v) is 10.6. The number of rotatable bonds is 8. The lowest BCUT2D eigenvalue weighted by atomic mass is 10.2. The van der Waals surface area contributed by atoms with E-state index >= 15 is 0 Å². The fourth-order valence-corrected chi connectivity index (χ4v) is 1.52. The highest BCUT2D eigenvalue weighted by molar-refractivity contribution is 5.66. The first kappa shape index (κ1) is 14.7. The molecule has 104 valence electrons. The summed E-state index contributed by atoms with van der Waals surface area (Å²) < 4.78 is 5.21. The maximum absolute atomic E-state index is 10.8. The van der Waals surface area contributed by atoms with Crippen molar-refractivity contribution >= 4 is 17.3 Å². The molecule has 0 saturated heterocycles. The van der Waals surface area contributed by atoms with Crippen molar-refractivity contribution in [3.63, 3.8) is 0 Å². The fourth-order valence-electron chi connectivity index (χ4n) is 1.52. The van der Waals surface area contributed by atoms with Crippen LogP contribution in [-0.2, 0) is 4.79 Å². The quantitative estimate of drug-likeness (QED) is 0.426. The number of nitrogens with zero attached hydrogens (tertiary/aromatic N) is 1. The van der Waals surface area contributed by atoms with Crippen LogP contribution in [0.15, 0.2) is 18.2 Å². The van der Waals surface area contributed by atoms with Gasteiger partial charge >= 0.3 is 11.7 Å². The van der Waals surface area contributed by atoms with Gasteiger partial charge in [-0.3, -0.25) is 14.9 Å². The van der Waals surface area contributed by atoms with Crippen LogP contribution in [0.25, 0.3) is 0 Å². The van der Waals surface area contributed by atoms with Crippen LogP contribution in [0.4, 0.5) is 11.4 Å². The molecule has 0 aliphatic carbocycles. The Morgan fingerprint density at radius 3 is 2.84 bits per heavy atom. The van der Waals surface area contributed by atoms with Gasteiger partial charge in [0.15, 0.2) is 5.75 Å². The lowest BCUT2D eigenvalue weighted by Gasteiger charge is -2.09. The van der Waals surface area contributed by atoms with E-state index in [0.29, 0.717) is 25.3 Å². The molecule has 0 aliphatic rings. The average Bonchev–Trinajstić information content (AvgIpc) is 2.35.